The number of carbonyl (C=O) groups excluding carboxylic acids is 2. The molecule has 0 fully saturated rings. The molecule has 0 aliphatic heterocycles. The Hall–Kier alpha value is -2.55. The lowest BCUT2D eigenvalue weighted by Gasteiger charge is -2.28. The molecule has 0 saturated heterocycles. The fraction of sp³-hybridized carbons (Fsp3) is 0.667. The van der Waals surface area contributed by atoms with E-state index in [2.05, 4.69) is 74.6 Å². The van der Waals surface area contributed by atoms with Gasteiger partial charge < -0.3 is 27.9 Å². The van der Waals surface area contributed by atoms with Crippen molar-refractivity contribution in [2.45, 2.75) is 136 Å². The van der Waals surface area contributed by atoms with Crippen LogP contribution in [0.25, 0.3) is 0 Å². The van der Waals surface area contributed by atoms with Gasteiger partial charge in [0.05, 0.1) is 27.7 Å². The average Bonchev–Trinajstić information content (AvgIpc) is 3.09. The molecule has 0 amide bonds. The van der Waals surface area contributed by atoms with E-state index in [9.17, 15) is 19.0 Å². The molecule has 0 bridgehead atoms. The molecule has 52 heavy (non-hydrogen) atoms. The molecule has 0 aromatic rings. The number of carbonyl (C=O) groups is 2. The van der Waals surface area contributed by atoms with E-state index >= 15 is 0 Å². The molecule has 2 unspecified atom stereocenters. The number of nitrogens with zero attached hydrogens (tertiary/aromatic N) is 1. The average molecular weight is 750 g/mol. The number of rotatable bonds is 34. The van der Waals surface area contributed by atoms with E-state index in [4.69, 9.17) is 18.5 Å². The van der Waals surface area contributed by atoms with E-state index in [0.29, 0.717) is 17.4 Å². The van der Waals surface area contributed by atoms with Gasteiger partial charge in [0.25, 0.3) is 7.82 Å². The van der Waals surface area contributed by atoms with Crippen LogP contribution in [0.5, 0.6) is 0 Å². The Morgan fingerprint density at radius 1 is 0.615 bits per heavy atom. The summed E-state index contributed by atoms with van der Waals surface area (Å²) in [5, 5.41) is 0. The van der Waals surface area contributed by atoms with Crippen molar-refractivity contribution in [1.29, 1.82) is 0 Å². The van der Waals surface area contributed by atoms with Gasteiger partial charge in [-0.2, -0.15) is 0 Å². The van der Waals surface area contributed by atoms with Crippen LogP contribution in [0.3, 0.4) is 0 Å². The van der Waals surface area contributed by atoms with Crippen molar-refractivity contribution < 1.29 is 42.1 Å². The number of unbranched alkanes of at least 4 members (excludes halogenated alkanes) is 8. The van der Waals surface area contributed by atoms with Gasteiger partial charge in [0, 0.05) is 12.8 Å². The minimum absolute atomic E-state index is 0.0472. The molecule has 0 aliphatic rings. The number of phosphoric acid groups is 1. The number of ether oxygens (including phenoxy) is 2. The summed E-state index contributed by atoms with van der Waals surface area (Å²) < 4.78 is 33.6. The summed E-state index contributed by atoms with van der Waals surface area (Å²) in [5.74, 6) is -0.943. The van der Waals surface area contributed by atoms with Gasteiger partial charge in [-0.3, -0.25) is 14.2 Å². The first-order valence-corrected chi connectivity index (χ1v) is 21.1. The molecule has 0 heterocycles. The zero-order valence-electron chi connectivity index (χ0n) is 33.2. The highest BCUT2D eigenvalue weighted by Gasteiger charge is 2.21. The lowest BCUT2D eigenvalue weighted by molar-refractivity contribution is -0.870. The maximum Gasteiger partial charge on any atom is 0.306 e. The topological polar surface area (TPSA) is 111 Å². The maximum atomic E-state index is 12.6. The summed E-state index contributed by atoms with van der Waals surface area (Å²) in [7, 11) is 1.11. The highest BCUT2D eigenvalue weighted by Crippen LogP contribution is 2.38. The molecular weight excluding hydrogens is 677 g/mol. The van der Waals surface area contributed by atoms with Gasteiger partial charge in [0.15, 0.2) is 6.10 Å². The first-order chi connectivity index (χ1) is 25.0. The standard InChI is InChI=1S/C42H72NO8P/c1-6-8-10-12-14-16-17-18-19-20-21-22-23-24-25-27-29-31-33-35-42(45)51-40(39-50-52(46,47)49-37-36-43(3,4)5)38-48-41(44)34-32-30-28-26-15-13-11-9-7-2/h8,10,14,16,18-19,21-22,24-25,29,31,40H,6-7,9,11-13,15,17,20,23,26-28,30,32-39H2,1-5H3/b10-8-,16-14-,19-18-,22-21-,25-24-,31-29-. The Kier molecular flexibility index (Phi) is 32.6. The predicted octanol–water partition coefficient (Wildman–Crippen LogP) is 10.0. The van der Waals surface area contributed by atoms with E-state index in [0.717, 1.165) is 57.8 Å². The SMILES string of the molecule is CC/C=C\C/C=C\C/C=C\C/C=C\C/C=C\C/C=C\CCC(=O)OC(COC(=O)CCCCCCCCCCC)COP(=O)([O-])OCC[N+](C)(C)C. The minimum atomic E-state index is -4.64. The highest BCUT2D eigenvalue weighted by atomic mass is 31.2. The van der Waals surface area contributed by atoms with Crippen molar-refractivity contribution in [2.75, 3.05) is 47.5 Å². The number of hydrogen-bond acceptors (Lipinski definition) is 8. The van der Waals surface area contributed by atoms with Crippen LogP contribution < -0.4 is 4.89 Å². The summed E-state index contributed by atoms with van der Waals surface area (Å²) in [6, 6.07) is 0. The van der Waals surface area contributed by atoms with Crippen LogP contribution in [0.1, 0.15) is 129 Å². The first-order valence-electron chi connectivity index (χ1n) is 19.6. The van der Waals surface area contributed by atoms with Crippen molar-refractivity contribution >= 4 is 19.8 Å². The molecule has 0 saturated carbocycles. The van der Waals surface area contributed by atoms with Crippen LogP contribution in [0, 0.1) is 0 Å². The van der Waals surface area contributed by atoms with E-state index < -0.39 is 32.5 Å². The smallest absolute Gasteiger partial charge is 0.306 e. The van der Waals surface area contributed by atoms with E-state index in [1.165, 1.54) is 38.5 Å². The van der Waals surface area contributed by atoms with Crippen molar-refractivity contribution in [3.05, 3.63) is 72.9 Å². The Balaban J connectivity index is 4.55. The summed E-state index contributed by atoms with van der Waals surface area (Å²) in [6.45, 7) is 3.97. The van der Waals surface area contributed by atoms with Crippen LogP contribution in [0.15, 0.2) is 72.9 Å². The molecule has 0 rings (SSSR count). The Morgan fingerprint density at radius 2 is 1.10 bits per heavy atom. The third kappa shape index (κ3) is 37.2. The van der Waals surface area contributed by atoms with Gasteiger partial charge in [-0.05, 0) is 51.4 Å². The molecule has 0 N–H and O–H groups in total. The fourth-order valence-corrected chi connectivity index (χ4v) is 5.41. The van der Waals surface area contributed by atoms with Crippen molar-refractivity contribution in [1.82, 2.24) is 0 Å². The largest absolute Gasteiger partial charge is 0.756 e. The number of likely N-dealkylation sites (N-methyl/N-ethyl adjacent to an activating group) is 1. The van der Waals surface area contributed by atoms with Crippen molar-refractivity contribution in [3.8, 4) is 0 Å². The monoisotopic (exact) mass is 749 g/mol. The Bertz CT molecular complexity index is 1120. The van der Waals surface area contributed by atoms with Crippen LogP contribution in [-0.2, 0) is 32.7 Å². The number of hydrogen-bond donors (Lipinski definition) is 0. The van der Waals surface area contributed by atoms with Gasteiger partial charge in [-0.1, -0.05) is 138 Å². The molecule has 10 heteroatoms. The molecule has 0 aromatic carbocycles. The van der Waals surface area contributed by atoms with Crippen molar-refractivity contribution in [3.63, 3.8) is 0 Å². The minimum Gasteiger partial charge on any atom is -0.756 e. The van der Waals surface area contributed by atoms with Crippen molar-refractivity contribution in [2.24, 2.45) is 0 Å². The molecular formula is C42H72NO8P. The van der Waals surface area contributed by atoms with Gasteiger partial charge in [-0.15, -0.1) is 0 Å². The number of esters is 2. The second-order valence-corrected chi connectivity index (χ2v) is 15.3. The van der Waals surface area contributed by atoms with E-state index in [1.807, 2.05) is 33.3 Å². The van der Waals surface area contributed by atoms with E-state index in [1.54, 1.807) is 0 Å². The Morgan fingerprint density at radius 3 is 1.60 bits per heavy atom. The lowest BCUT2D eigenvalue weighted by atomic mass is 10.1. The van der Waals surface area contributed by atoms with Gasteiger partial charge >= 0.3 is 11.9 Å². The molecule has 9 nitrogen and oxygen atoms in total. The third-order valence-electron chi connectivity index (χ3n) is 7.75. The zero-order valence-corrected chi connectivity index (χ0v) is 34.1. The normalized spacial score (nSPS) is 14.5. The third-order valence-corrected chi connectivity index (χ3v) is 8.72. The molecule has 2 atom stereocenters. The molecule has 0 aliphatic carbocycles. The van der Waals surface area contributed by atoms with Crippen LogP contribution in [0.2, 0.25) is 0 Å². The molecule has 0 spiro atoms. The summed E-state index contributed by atoms with van der Waals surface area (Å²) >= 11 is 0. The fourth-order valence-electron chi connectivity index (χ4n) is 4.68. The van der Waals surface area contributed by atoms with E-state index in [-0.39, 0.29) is 26.1 Å². The number of phosphoric ester groups is 1. The maximum absolute atomic E-state index is 12.6. The quantitative estimate of drug-likeness (QED) is 0.0210. The number of quaternary nitrogens is 1. The predicted molar refractivity (Wildman–Crippen MR) is 213 cm³/mol. The van der Waals surface area contributed by atoms with Crippen LogP contribution >= 0.6 is 7.82 Å². The summed E-state index contributed by atoms with van der Waals surface area (Å²) in [5.41, 5.74) is 0. The number of allylic oxidation sites excluding steroid dienone is 12. The van der Waals surface area contributed by atoms with Gasteiger partial charge in [0.2, 0.25) is 0 Å². The second kappa shape index (κ2) is 34.2. The molecule has 0 radical (unpaired) electrons. The summed E-state index contributed by atoms with van der Waals surface area (Å²) in [4.78, 5) is 37.3. The first kappa shape index (κ1) is 49.5. The van der Waals surface area contributed by atoms with Gasteiger partial charge in [-0.25, -0.2) is 0 Å². The highest BCUT2D eigenvalue weighted by molar-refractivity contribution is 7.45. The second-order valence-electron chi connectivity index (χ2n) is 13.9. The lowest BCUT2D eigenvalue weighted by Crippen LogP contribution is -2.37. The van der Waals surface area contributed by atoms with Gasteiger partial charge in [0.1, 0.15) is 19.8 Å². The summed E-state index contributed by atoms with van der Waals surface area (Å²) in [6.07, 6.45) is 41.0. The van der Waals surface area contributed by atoms with Crippen LogP contribution in [0.4, 0.5) is 0 Å². The molecule has 298 valence electrons. The Labute approximate surface area is 317 Å². The molecule has 0 aromatic heterocycles. The van der Waals surface area contributed by atoms with Crippen LogP contribution in [-0.4, -0.2) is 70.0 Å². The zero-order chi connectivity index (χ0) is 38.6.